The molecule has 0 spiro atoms. The van der Waals surface area contributed by atoms with Gasteiger partial charge in [-0.1, -0.05) is 65.3 Å². The smallest absolute Gasteiger partial charge is 0.295 e. The van der Waals surface area contributed by atoms with Crippen LogP contribution in [0.2, 0.25) is 0 Å². The maximum absolute atomic E-state index is 14.3. The van der Waals surface area contributed by atoms with E-state index in [1.165, 1.54) is 12.8 Å². The standard InChI is InChI=1S/C31H41N7O/c1-6-7-10-23-19-38(29-24(20(2)3)13-14-25(29)21(4)5)31(39)37(23)18-22-17-32-16-15-26(22)27-11-8-9-12-28(27)30-33-35-36-34-30/h8-9,11-12,15-17,19-21,24-25,29H,6-7,10,13-14,18H2,1-5H3,(H,33,34,35,36). The summed E-state index contributed by atoms with van der Waals surface area (Å²) in [7, 11) is 0. The zero-order chi connectivity index (χ0) is 27.5. The number of hydrogen-bond acceptors (Lipinski definition) is 5. The molecule has 3 aromatic heterocycles. The van der Waals surface area contributed by atoms with Crippen LogP contribution >= 0.6 is 0 Å². The summed E-state index contributed by atoms with van der Waals surface area (Å²) in [5, 5.41) is 14.7. The van der Waals surface area contributed by atoms with Crippen LogP contribution < -0.4 is 5.69 Å². The van der Waals surface area contributed by atoms with E-state index in [2.05, 4.69) is 77.1 Å². The van der Waals surface area contributed by atoms with Gasteiger partial charge in [0, 0.05) is 35.9 Å². The van der Waals surface area contributed by atoms with Crippen LogP contribution in [0.5, 0.6) is 0 Å². The average Bonchev–Trinajstić information content (AvgIpc) is 3.68. The molecule has 8 nitrogen and oxygen atoms in total. The Morgan fingerprint density at radius 3 is 2.36 bits per heavy atom. The molecule has 0 saturated heterocycles. The predicted octanol–water partition coefficient (Wildman–Crippen LogP) is 6.16. The highest BCUT2D eigenvalue weighted by atomic mass is 16.1. The molecule has 206 valence electrons. The Balaban J connectivity index is 1.59. The molecule has 2 unspecified atom stereocenters. The van der Waals surface area contributed by atoms with Crippen molar-refractivity contribution in [2.75, 3.05) is 0 Å². The van der Waals surface area contributed by atoms with E-state index in [-0.39, 0.29) is 11.7 Å². The summed E-state index contributed by atoms with van der Waals surface area (Å²) in [5.74, 6) is 2.65. The molecular formula is C31H41N7O. The second-order valence-electron chi connectivity index (χ2n) is 11.7. The molecule has 0 amide bonds. The summed E-state index contributed by atoms with van der Waals surface area (Å²) in [5.41, 5.74) is 5.12. The number of imidazole rings is 1. The maximum Gasteiger partial charge on any atom is 0.328 e. The van der Waals surface area contributed by atoms with Gasteiger partial charge in [-0.3, -0.25) is 14.1 Å². The molecule has 4 aromatic rings. The number of H-pyrrole nitrogens is 1. The van der Waals surface area contributed by atoms with Gasteiger partial charge in [-0.2, -0.15) is 5.21 Å². The third-order valence-corrected chi connectivity index (χ3v) is 8.65. The molecule has 0 bridgehead atoms. The highest BCUT2D eigenvalue weighted by molar-refractivity contribution is 5.81. The van der Waals surface area contributed by atoms with Gasteiger partial charge in [0.25, 0.3) is 0 Å². The Labute approximate surface area is 230 Å². The van der Waals surface area contributed by atoms with Gasteiger partial charge < -0.3 is 0 Å². The Morgan fingerprint density at radius 1 is 1.00 bits per heavy atom. The van der Waals surface area contributed by atoms with E-state index in [0.29, 0.717) is 36.0 Å². The first-order valence-electron chi connectivity index (χ1n) is 14.5. The van der Waals surface area contributed by atoms with Crippen molar-refractivity contribution in [3.05, 3.63) is 70.7 Å². The van der Waals surface area contributed by atoms with E-state index >= 15 is 0 Å². The molecule has 1 aliphatic carbocycles. The molecule has 5 rings (SSSR count). The van der Waals surface area contributed by atoms with Gasteiger partial charge in [0.2, 0.25) is 5.82 Å². The molecule has 8 heteroatoms. The number of aryl methyl sites for hydroxylation is 1. The van der Waals surface area contributed by atoms with Crippen molar-refractivity contribution >= 4 is 0 Å². The van der Waals surface area contributed by atoms with Crippen molar-refractivity contribution in [3.8, 4) is 22.5 Å². The maximum atomic E-state index is 14.3. The zero-order valence-electron chi connectivity index (χ0n) is 23.8. The lowest BCUT2D eigenvalue weighted by molar-refractivity contribution is 0.212. The fourth-order valence-electron chi connectivity index (χ4n) is 6.57. The van der Waals surface area contributed by atoms with E-state index in [9.17, 15) is 4.79 Å². The summed E-state index contributed by atoms with van der Waals surface area (Å²) in [4.78, 5) is 18.7. The summed E-state index contributed by atoms with van der Waals surface area (Å²) < 4.78 is 4.11. The number of hydrogen-bond donors (Lipinski definition) is 1. The van der Waals surface area contributed by atoms with E-state index in [4.69, 9.17) is 0 Å². The molecule has 0 radical (unpaired) electrons. The number of aromatic nitrogens is 7. The Bertz CT molecular complexity index is 1420. The minimum atomic E-state index is 0.102. The molecule has 1 aromatic carbocycles. The number of aromatic amines is 1. The second kappa shape index (κ2) is 11.7. The molecule has 39 heavy (non-hydrogen) atoms. The first-order chi connectivity index (χ1) is 18.9. The monoisotopic (exact) mass is 527 g/mol. The normalized spacial score (nSPS) is 19.4. The zero-order valence-corrected chi connectivity index (χ0v) is 23.8. The molecule has 2 atom stereocenters. The van der Waals surface area contributed by atoms with Crippen LogP contribution in [-0.2, 0) is 13.0 Å². The summed E-state index contributed by atoms with van der Waals surface area (Å²) in [6, 6.07) is 10.3. The fraction of sp³-hybridized carbons (Fsp3) is 0.516. The lowest BCUT2D eigenvalue weighted by Crippen LogP contribution is -2.34. The Morgan fingerprint density at radius 2 is 1.72 bits per heavy atom. The molecular weight excluding hydrogens is 486 g/mol. The van der Waals surface area contributed by atoms with Crippen molar-refractivity contribution < 1.29 is 0 Å². The highest BCUT2D eigenvalue weighted by Gasteiger charge is 2.41. The molecule has 0 aliphatic heterocycles. The number of tetrazole rings is 1. The van der Waals surface area contributed by atoms with Crippen LogP contribution in [-0.4, -0.2) is 34.7 Å². The van der Waals surface area contributed by atoms with Crippen LogP contribution in [0.1, 0.15) is 77.6 Å². The average molecular weight is 528 g/mol. The van der Waals surface area contributed by atoms with Gasteiger partial charge in [0.05, 0.1) is 6.54 Å². The summed E-state index contributed by atoms with van der Waals surface area (Å²) in [6.07, 6.45) is 11.3. The van der Waals surface area contributed by atoms with E-state index in [0.717, 1.165) is 47.2 Å². The van der Waals surface area contributed by atoms with Gasteiger partial charge >= 0.3 is 5.69 Å². The number of nitrogens with zero attached hydrogens (tertiary/aromatic N) is 6. The minimum Gasteiger partial charge on any atom is -0.295 e. The molecule has 1 aliphatic rings. The van der Waals surface area contributed by atoms with Crippen LogP contribution in [0.3, 0.4) is 0 Å². The van der Waals surface area contributed by atoms with Crippen LogP contribution in [0.25, 0.3) is 22.5 Å². The Hall–Kier alpha value is -3.55. The fourth-order valence-corrected chi connectivity index (χ4v) is 6.57. The van der Waals surface area contributed by atoms with Crippen molar-refractivity contribution in [3.63, 3.8) is 0 Å². The van der Waals surface area contributed by atoms with Gasteiger partial charge in [0.1, 0.15) is 0 Å². The quantitative estimate of drug-likeness (QED) is 0.266. The topological polar surface area (TPSA) is 94.3 Å². The number of benzene rings is 1. The highest BCUT2D eigenvalue weighted by Crippen LogP contribution is 2.47. The number of pyridine rings is 1. The van der Waals surface area contributed by atoms with Gasteiger partial charge in [-0.25, -0.2) is 4.79 Å². The largest absolute Gasteiger partial charge is 0.328 e. The third kappa shape index (κ3) is 5.34. The van der Waals surface area contributed by atoms with E-state index in [1.807, 2.05) is 35.0 Å². The molecule has 1 fully saturated rings. The van der Waals surface area contributed by atoms with Crippen molar-refractivity contribution in [2.24, 2.45) is 23.7 Å². The molecule has 3 heterocycles. The SMILES string of the molecule is CCCCc1cn(C2C(C(C)C)CCC2C(C)C)c(=O)n1Cc1cnccc1-c1ccccc1-c1nn[nH]n1. The van der Waals surface area contributed by atoms with E-state index < -0.39 is 0 Å². The van der Waals surface area contributed by atoms with Crippen LogP contribution in [0.4, 0.5) is 0 Å². The lowest BCUT2D eigenvalue weighted by atomic mass is 9.84. The van der Waals surface area contributed by atoms with Gasteiger partial charge in [0.15, 0.2) is 0 Å². The van der Waals surface area contributed by atoms with Crippen LogP contribution in [0, 0.1) is 23.7 Å². The van der Waals surface area contributed by atoms with Gasteiger partial charge in [-0.15, -0.1) is 10.2 Å². The lowest BCUT2D eigenvalue weighted by Gasteiger charge is -2.30. The number of unbranched alkanes of at least 4 members (excludes halogenated alkanes) is 1. The predicted molar refractivity (Wildman–Crippen MR) is 154 cm³/mol. The summed E-state index contributed by atoms with van der Waals surface area (Å²) in [6.45, 7) is 11.9. The van der Waals surface area contributed by atoms with Crippen molar-refractivity contribution in [2.45, 2.75) is 79.3 Å². The number of rotatable bonds is 10. The second-order valence-corrected chi connectivity index (χ2v) is 11.7. The molecule has 1 saturated carbocycles. The van der Waals surface area contributed by atoms with E-state index in [1.54, 1.807) is 6.20 Å². The Kier molecular flexibility index (Phi) is 8.10. The van der Waals surface area contributed by atoms with Crippen molar-refractivity contribution in [1.29, 1.82) is 0 Å². The summed E-state index contributed by atoms with van der Waals surface area (Å²) >= 11 is 0. The first-order valence-corrected chi connectivity index (χ1v) is 14.5. The number of nitrogens with one attached hydrogen (secondary N) is 1. The first kappa shape index (κ1) is 27.0. The van der Waals surface area contributed by atoms with Crippen LogP contribution in [0.15, 0.2) is 53.7 Å². The molecule has 1 N–H and O–H groups in total. The van der Waals surface area contributed by atoms with Gasteiger partial charge in [-0.05, 0) is 77.3 Å². The van der Waals surface area contributed by atoms with Crippen molar-refractivity contribution in [1.82, 2.24) is 34.7 Å². The third-order valence-electron chi connectivity index (χ3n) is 8.65. The minimum absolute atomic E-state index is 0.102.